The maximum Gasteiger partial charge on any atom is 0.222 e. The molecule has 9 nitrogen and oxygen atoms in total. The molecule has 1 aliphatic rings. The second-order valence-electron chi connectivity index (χ2n) is 8.54. The second kappa shape index (κ2) is 11.3. The first-order valence-corrected chi connectivity index (χ1v) is 10.9. The first-order chi connectivity index (χ1) is 15.0. The number of aliphatic hydroxyl groups is 1. The summed E-state index contributed by atoms with van der Waals surface area (Å²) in [7, 11) is 2.06. The van der Waals surface area contributed by atoms with Gasteiger partial charge in [-0.15, -0.1) is 5.10 Å². The van der Waals surface area contributed by atoms with Crippen LogP contribution in [0.25, 0.3) is 0 Å². The number of carbonyl (C=O) groups is 1. The van der Waals surface area contributed by atoms with Crippen molar-refractivity contribution < 1.29 is 14.6 Å². The summed E-state index contributed by atoms with van der Waals surface area (Å²) in [5, 5.41) is 18.1. The largest absolute Gasteiger partial charge is 0.394 e. The number of fused-ring (bicyclic) bond motifs is 2. The van der Waals surface area contributed by atoms with Crippen molar-refractivity contribution in [2.24, 2.45) is 5.92 Å². The van der Waals surface area contributed by atoms with Gasteiger partial charge in [0.05, 0.1) is 31.6 Å². The molecule has 1 N–H and O–H groups in total. The summed E-state index contributed by atoms with van der Waals surface area (Å²) < 4.78 is 8.06. The summed E-state index contributed by atoms with van der Waals surface area (Å²) in [6.07, 6.45) is 6.51. The number of pyridine rings is 1. The summed E-state index contributed by atoms with van der Waals surface area (Å²) in [5.41, 5.74) is 1.93. The minimum atomic E-state index is -0.230. The van der Waals surface area contributed by atoms with E-state index in [4.69, 9.17) is 4.74 Å². The highest BCUT2D eigenvalue weighted by Crippen LogP contribution is 2.18. The van der Waals surface area contributed by atoms with Crippen molar-refractivity contribution in [1.29, 1.82) is 0 Å². The Labute approximate surface area is 184 Å². The maximum atomic E-state index is 12.9. The zero-order valence-corrected chi connectivity index (χ0v) is 18.7. The quantitative estimate of drug-likeness (QED) is 0.738. The molecule has 0 unspecified atom stereocenters. The van der Waals surface area contributed by atoms with Gasteiger partial charge in [0.15, 0.2) is 0 Å². The standard InChI is InChI=1S/C22H34N6O3/c1-17-11-28(18(2)15-29)22(30)7-5-9-27-13-20(24-25-27)16-31-21(17)14-26(3)12-19-6-4-8-23-10-19/h4,6,8,10,13,17-18,21,29H,5,7,9,11-12,14-16H2,1-3H3/t17-,18-,21+/m0/s1. The average Bonchev–Trinajstić information content (AvgIpc) is 3.22. The normalized spacial score (nSPS) is 22.0. The fraction of sp³-hybridized carbons (Fsp3) is 0.636. The molecule has 2 aromatic rings. The summed E-state index contributed by atoms with van der Waals surface area (Å²) in [4.78, 5) is 21.1. The van der Waals surface area contributed by atoms with Gasteiger partial charge in [0, 0.05) is 50.9 Å². The number of hydrogen-bond donors (Lipinski definition) is 1. The first-order valence-electron chi connectivity index (χ1n) is 10.9. The molecule has 1 aliphatic heterocycles. The van der Waals surface area contributed by atoms with Gasteiger partial charge in [0.25, 0.3) is 0 Å². The highest BCUT2D eigenvalue weighted by atomic mass is 16.5. The number of rotatable bonds is 6. The van der Waals surface area contributed by atoms with Crippen LogP contribution in [0.1, 0.15) is 37.9 Å². The number of aryl methyl sites for hydroxylation is 1. The number of carbonyl (C=O) groups excluding carboxylic acids is 1. The molecule has 2 aromatic heterocycles. The predicted molar refractivity (Wildman–Crippen MR) is 116 cm³/mol. The summed E-state index contributed by atoms with van der Waals surface area (Å²) in [6.45, 7) is 6.92. The number of hydrogen-bond acceptors (Lipinski definition) is 7. The Morgan fingerprint density at radius 2 is 2.26 bits per heavy atom. The van der Waals surface area contributed by atoms with Crippen molar-refractivity contribution >= 4 is 5.91 Å². The van der Waals surface area contributed by atoms with Crippen LogP contribution in [-0.4, -0.2) is 79.7 Å². The van der Waals surface area contributed by atoms with Gasteiger partial charge >= 0.3 is 0 Å². The van der Waals surface area contributed by atoms with Gasteiger partial charge in [-0.1, -0.05) is 18.2 Å². The molecule has 170 valence electrons. The van der Waals surface area contributed by atoms with E-state index in [0.29, 0.717) is 39.1 Å². The van der Waals surface area contributed by atoms with Crippen molar-refractivity contribution in [3.05, 3.63) is 42.0 Å². The minimum Gasteiger partial charge on any atom is -0.394 e. The van der Waals surface area contributed by atoms with Crippen molar-refractivity contribution in [1.82, 2.24) is 29.8 Å². The predicted octanol–water partition coefficient (Wildman–Crippen LogP) is 1.33. The molecule has 0 aliphatic carbocycles. The Bertz CT molecular complexity index is 815. The fourth-order valence-corrected chi connectivity index (χ4v) is 3.87. The minimum absolute atomic E-state index is 0.0513. The first kappa shape index (κ1) is 23.3. The average molecular weight is 431 g/mol. The molecular weight excluding hydrogens is 396 g/mol. The molecule has 9 heteroatoms. The molecule has 31 heavy (non-hydrogen) atoms. The van der Waals surface area contributed by atoms with Gasteiger partial charge in [0.2, 0.25) is 5.91 Å². The lowest BCUT2D eigenvalue weighted by atomic mass is 10.0. The van der Waals surface area contributed by atoms with Crippen LogP contribution in [0.4, 0.5) is 0 Å². The molecule has 1 amide bonds. The van der Waals surface area contributed by atoms with Gasteiger partial charge in [0.1, 0.15) is 5.69 Å². The molecule has 0 aromatic carbocycles. The number of ether oxygens (including phenoxy) is 1. The summed E-state index contributed by atoms with van der Waals surface area (Å²) >= 11 is 0. The Morgan fingerprint density at radius 1 is 1.42 bits per heavy atom. The lowest BCUT2D eigenvalue weighted by molar-refractivity contribution is -0.136. The van der Waals surface area contributed by atoms with Gasteiger partial charge < -0.3 is 14.7 Å². The zero-order valence-electron chi connectivity index (χ0n) is 18.7. The molecule has 0 fully saturated rings. The van der Waals surface area contributed by atoms with E-state index in [9.17, 15) is 9.90 Å². The number of likely N-dealkylation sites (N-methyl/N-ethyl adjacent to an activating group) is 1. The molecule has 0 saturated heterocycles. The van der Waals surface area contributed by atoms with Crippen molar-refractivity contribution in [2.45, 2.75) is 58.5 Å². The Kier molecular flexibility index (Phi) is 8.51. The highest BCUT2D eigenvalue weighted by Gasteiger charge is 2.28. The molecule has 2 bridgehead atoms. The van der Waals surface area contributed by atoms with E-state index < -0.39 is 0 Å². The van der Waals surface area contributed by atoms with E-state index in [1.165, 1.54) is 0 Å². The van der Waals surface area contributed by atoms with Gasteiger partial charge in [-0.3, -0.25) is 19.4 Å². The van der Waals surface area contributed by atoms with E-state index in [1.807, 2.05) is 25.4 Å². The van der Waals surface area contributed by atoms with E-state index >= 15 is 0 Å². The van der Waals surface area contributed by atoms with Crippen LogP contribution in [0.5, 0.6) is 0 Å². The Hall–Kier alpha value is -2.36. The van der Waals surface area contributed by atoms with Crippen LogP contribution >= 0.6 is 0 Å². The topological polar surface area (TPSA) is 96.6 Å². The lowest BCUT2D eigenvalue weighted by Crippen LogP contribution is -2.47. The monoisotopic (exact) mass is 430 g/mol. The molecule has 0 spiro atoms. The SMILES string of the molecule is C[C@H]1CN([C@@H](C)CO)C(=O)CCCn2cc(nn2)CO[C@@H]1CN(C)Cc1cccnc1. The third-order valence-electron chi connectivity index (χ3n) is 5.71. The van der Waals surface area contributed by atoms with Gasteiger partial charge in [-0.05, 0) is 32.0 Å². The maximum absolute atomic E-state index is 12.9. The molecule has 0 radical (unpaired) electrons. The van der Waals surface area contributed by atoms with Crippen LogP contribution in [0.15, 0.2) is 30.7 Å². The number of aromatic nitrogens is 4. The number of amides is 1. The molecular formula is C22H34N6O3. The van der Waals surface area contributed by atoms with E-state index in [1.54, 1.807) is 15.8 Å². The van der Waals surface area contributed by atoms with E-state index in [0.717, 1.165) is 17.8 Å². The number of nitrogens with zero attached hydrogens (tertiary/aromatic N) is 6. The smallest absolute Gasteiger partial charge is 0.222 e. The zero-order chi connectivity index (χ0) is 22.2. The summed E-state index contributed by atoms with van der Waals surface area (Å²) in [6, 6.07) is 3.76. The van der Waals surface area contributed by atoms with Crippen molar-refractivity contribution in [2.75, 3.05) is 26.7 Å². The Balaban J connectivity index is 1.76. The number of aliphatic hydroxyl groups excluding tert-OH is 1. The summed E-state index contributed by atoms with van der Waals surface area (Å²) in [5.74, 6) is 0.126. The molecule has 3 atom stereocenters. The van der Waals surface area contributed by atoms with Crippen molar-refractivity contribution in [3.8, 4) is 0 Å². The third-order valence-corrected chi connectivity index (χ3v) is 5.71. The van der Waals surface area contributed by atoms with Crippen LogP contribution in [0.3, 0.4) is 0 Å². The van der Waals surface area contributed by atoms with E-state index in [2.05, 4.69) is 40.2 Å². The Morgan fingerprint density at radius 3 is 3.00 bits per heavy atom. The van der Waals surface area contributed by atoms with Crippen LogP contribution in [0, 0.1) is 5.92 Å². The second-order valence-corrected chi connectivity index (χ2v) is 8.54. The van der Waals surface area contributed by atoms with Crippen molar-refractivity contribution in [3.63, 3.8) is 0 Å². The van der Waals surface area contributed by atoms with Crippen LogP contribution < -0.4 is 0 Å². The van der Waals surface area contributed by atoms with Crippen LogP contribution in [-0.2, 0) is 29.2 Å². The molecule has 0 saturated carbocycles. The van der Waals surface area contributed by atoms with Gasteiger partial charge in [-0.2, -0.15) is 0 Å². The molecule has 3 rings (SSSR count). The third kappa shape index (κ3) is 6.81. The highest BCUT2D eigenvalue weighted by molar-refractivity contribution is 5.76. The van der Waals surface area contributed by atoms with Crippen LogP contribution in [0.2, 0.25) is 0 Å². The van der Waals surface area contributed by atoms with Gasteiger partial charge in [-0.25, -0.2) is 0 Å². The van der Waals surface area contributed by atoms with E-state index in [-0.39, 0.29) is 30.6 Å². The lowest BCUT2D eigenvalue weighted by Gasteiger charge is -2.35. The fourth-order valence-electron chi connectivity index (χ4n) is 3.87. The molecule has 3 heterocycles.